The molecule has 1 aromatic carbocycles. The number of aromatic nitrogens is 2. The molecule has 0 fully saturated rings. The van der Waals surface area contributed by atoms with E-state index in [4.69, 9.17) is 5.11 Å². The van der Waals surface area contributed by atoms with Gasteiger partial charge in [-0.15, -0.1) is 0 Å². The minimum absolute atomic E-state index is 0.00136. The van der Waals surface area contributed by atoms with Crippen LogP contribution in [-0.4, -0.2) is 44.6 Å². The smallest absolute Gasteiger partial charge is 0.405 e. The van der Waals surface area contributed by atoms with Crippen LogP contribution in [0.4, 0.5) is 10.5 Å². The van der Waals surface area contributed by atoms with Gasteiger partial charge in [-0.25, -0.2) is 4.79 Å². The summed E-state index contributed by atoms with van der Waals surface area (Å²) in [5.74, 6) is -0.0731. The summed E-state index contributed by atoms with van der Waals surface area (Å²) in [6.45, 7) is 3.83. The zero-order chi connectivity index (χ0) is 18.8. The van der Waals surface area contributed by atoms with Gasteiger partial charge in [-0.3, -0.25) is 9.48 Å². The molecule has 0 saturated carbocycles. The number of anilines is 1. The van der Waals surface area contributed by atoms with Crippen LogP contribution in [0.5, 0.6) is 0 Å². The largest absolute Gasteiger partial charge is 0.465 e. The minimum atomic E-state index is -1.09. The first kappa shape index (κ1) is 17.9. The number of aliphatic hydroxyl groups excluding tert-OH is 1. The summed E-state index contributed by atoms with van der Waals surface area (Å²) < 4.78 is 1.64. The highest BCUT2D eigenvalue weighted by atomic mass is 16.4. The fraction of sp³-hybridized carbons (Fsp3) is 0.389. The molecular weight excluding hydrogens is 336 g/mol. The monoisotopic (exact) mass is 358 g/mol. The number of benzene rings is 1. The standard InChI is InChI=1S/C18H22N4O4/c1-11-7-16(20-18(25)26)15-8-13(3-4-17(15)22(11)12(2)24)14-9-19-21(10-14)5-6-23/h3-4,8-11,16,20,23H,5-7H2,1-2H3,(H,25,26)/t11-,16+/m0/s1. The Labute approximate surface area is 151 Å². The fourth-order valence-electron chi connectivity index (χ4n) is 3.55. The second kappa shape index (κ2) is 7.17. The average Bonchev–Trinajstić information content (AvgIpc) is 3.02. The molecule has 26 heavy (non-hydrogen) atoms. The molecule has 2 heterocycles. The van der Waals surface area contributed by atoms with Crippen molar-refractivity contribution in [2.45, 2.75) is 38.9 Å². The highest BCUT2D eigenvalue weighted by Gasteiger charge is 2.33. The van der Waals surface area contributed by atoms with Gasteiger partial charge in [0.2, 0.25) is 5.91 Å². The molecule has 0 aliphatic carbocycles. The first-order chi connectivity index (χ1) is 12.4. The van der Waals surface area contributed by atoms with Gasteiger partial charge in [-0.2, -0.15) is 5.10 Å². The van der Waals surface area contributed by atoms with Crippen LogP contribution >= 0.6 is 0 Å². The molecule has 0 spiro atoms. The molecule has 0 saturated heterocycles. The van der Waals surface area contributed by atoms with E-state index >= 15 is 0 Å². The van der Waals surface area contributed by atoms with Gasteiger partial charge in [0, 0.05) is 30.4 Å². The van der Waals surface area contributed by atoms with Crippen LogP contribution < -0.4 is 10.2 Å². The number of nitrogens with one attached hydrogen (secondary N) is 1. The van der Waals surface area contributed by atoms with Crippen molar-refractivity contribution in [1.29, 1.82) is 0 Å². The van der Waals surface area contributed by atoms with E-state index in [0.29, 0.717) is 13.0 Å². The third kappa shape index (κ3) is 3.41. The lowest BCUT2D eigenvalue weighted by Crippen LogP contribution is -2.45. The first-order valence-electron chi connectivity index (χ1n) is 8.47. The Kier molecular flexibility index (Phi) is 4.94. The van der Waals surface area contributed by atoms with Crippen molar-refractivity contribution >= 4 is 17.7 Å². The van der Waals surface area contributed by atoms with Crippen molar-refractivity contribution in [3.8, 4) is 11.1 Å². The van der Waals surface area contributed by atoms with Gasteiger partial charge in [0.05, 0.1) is 25.4 Å². The summed E-state index contributed by atoms with van der Waals surface area (Å²) in [6, 6.07) is 5.15. The van der Waals surface area contributed by atoms with Crippen molar-refractivity contribution in [1.82, 2.24) is 15.1 Å². The second-order valence-electron chi connectivity index (χ2n) is 6.47. The zero-order valence-corrected chi connectivity index (χ0v) is 14.7. The lowest BCUT2D eigenvalue weighted by Gasteiger charge is -2.39. The van der Waals surface area contributed by atoms with E-state index in [0.717, 1.165) is 22.4 Å². The van der Waals surface area contributed by atoms with Crippen LogP contribution in [0.25, 0.3) is 11.1 Å². The molecule has 1 aromatic heterocycles. The summed E-state index contributed by atoms with van der Waals surface area (Å²) >= 11 is 0. The van der Waals surface area contributed by atoms with Crippen molar-refractivity contribution in [2.75, 3.05) is 11.5 Å². The summed E-state index contributed by atoms with van der Waals surface area (Å²) in [7, 11) is 0. The Balaban J connectivity index is 2.04. The third-order valence-electron chi connectivity index (χ3n) is 4.61. The van der Waals surface area contributed by atoms with E-state index in [1.807, 2.05) is 31.3 Å². The van der Waals surface area contributed by atoms with Crippen LogP contribution in [0.1, 0.15) is 31.9 Å². The molecular formula is C18H22N4O4. The number of amides is 2. The molecule has 0 radical (unpaired) electrons. The van der Waals surface area contributed by atoms with Gasteiger partial charge in [0.1, 0.15) is 0 Å². The van der Waals surface area contributed by atoms with Gasteiger partial charge in [-0.05, 0) is 36.6 Å². The number of rotatable bonds is 4. The van der Waals surface area contributed by atoms with E-state index in [9.17, 15) is 14.7 Å². The van der Waals surface area contributed by atoms with Crippen LogP contribution in [0, 0.1) is 0 Å². The van der Waals surface area contributed by atoms with Gasteiger partial charge in [0.15, 0.2) is 0 Å². The Morgan fingerprint density at radius 2 is 2.12 bits per heavy atom. The zero-order valence-electron chi connectivity index (χ0n) is 14.7. The maximum absolute atomic E-state index is 12.1. The van der Waals surface area contributed by atoms with Crippen LogP contribution in [0.2, 0.25) is 0 Å². The third-order valence-corrected chi connectivity index (χ3v) is 4.61. The lowest BCUT2D eigenvalue weighted by molar-refractivity contribution is -0.117. The maximum Gasteiger partial charge on any atom is 0.405 e. The molecule has 2 amide bonds. The number of aliphatic hydroxyl groups is 1. The Morgan fingerprint density at radius 3 is 2.77 bits per heavy atom. The van der Waals surface area contributed by atoms with E-state index in [2.05, 4.69) is 10.4 Å². The Morgan fingerprint density at radius 1 is 1.35 bits per heavy atom. The van der Waals surface area contributed by atoms with Crippen LogP contribution in [-0.2, 0) is 11.3 Å². The quantitative estimate of drug-likeness (QED) is 0.775. The van der Waals surface area contributed by atoms with E-state index < -0.39 is 6.09 Å². The van der Waals surface area contributed by atoms with E-state index in [1.54, 1.807) is 15.8 Å². The number of hydrogen-bond acceptors (Lipinski definition) is 4. The summed E-state index contributed by atoms with van der Waals surface area (Å²) in [6.07, 6.45) is 2.94. The molecule has 3 N–H and O–H groups in total. The molecule has 8 nitrogen and oxygen atoms in total. The molecule has 1 aliphatic rings. The predicted molar refractivity (Wildman–Crippen MR) is 95.9 cm³/mol. The molecule has 2 aromatic rings. The molecule has 0 bridgehead atoms. The molecule has 8 heteroatoms. The van der Waals surface area contributed by atoms with Gasteiger partial charge >= 0.3 is 6.09 Å². The fourth-order valence-corrected chi connectivity index (χ4v) is 3.55. The Hall–Kier alpha value is -2.87. The van der Waals surface area contributed by atoms with Gasteiger partial charge in [0.25, 0.3) is 0 Å². The van der Waals surface area contributed by atoms with Crippen molar-refractivity contribution in [3.05, 3.63) is 36.2 Å². The summed E-state index contributed by atoms with van der Waals surface area (Å²) in [5, 5.41) is 24.9. The van der Waals surface area contributed by atoms with Crippen molar-refractivity contribution in [3.63, 3.8) is 0 Å². The number of carboxylic acid groups (broad SMARTS) is 1. The SMILES string of the molecule is CC(=O)N1c2ccc(-c3cnn(CCO)c3)cc2[C@H](NC(=O)O)C[C@@H]1C. The number of carbonyl (C=O) groups excluding carboxylic acids is 1. The number of nitrogens with zero attached hydrogens (tertiary/aromatic N) is 3. The summed E-state index contributed by atoms with van der Waals surface area (Å²) in [4.78, 5) is 25.0. The number of hydrogen-bond donors (Lipinski definition) is 3. The second-order valence-corrected chi connectivity index (χ2v) is 6.47. The lowest BCUT2D eigenvalue weighted by atomic mass is 9.89. The van der Waals surface area contributed by atoms with Crippen molar-refractivity contribution in [2.24, 2.45) is 0 Å². The highest BCUT2D eigenvalue weighted by molar-refractivity contribution is 5.94. The van der Waals surface area contributed by atoms with E-state index in [-0.39, 0.29) is 24.6 Å². The summed E-state index contributed by atoms with van der Waals surface area (Å²) in [5.41, 5.74) is 3.24. The maximum atomic E-state index is 12.1. The molecule has 3 rings (SSSR count). The number of carbonyl (C=O) groups is 2. The number of fused-ring (bicyclic) bond motifs is 1. The van der Waals surface area contributed by atoms with E-state index in [1.165, 1.54) is 6.92 Å². The van der Waals surface area contributed by atoms with Gasteiger partial charge in [-0.1, -0.05) is 6.07 Å². The molecule has 0 unspecified atom stereocenters. The molecule has 2 atom stereocenters. The van der Waals surface area contributed by atoms with Crippen molar-refractivity contribution < 1.29 is 19.8 Å². The van der Waals surface area contributed by atoms with Crippen LogP contribution in [0.3, 0.4) is 0 Å². The Bertz CT molecular complexity index is 832. The minimum Gasteiger partial charge on any atom is -0.465 e. The van der Waals surface area contributed by atoms with Crippen LogP contribution in [0.15, 0.2) is 30.6 Å². The topological polar surface area (TPSA) is 108 Å². The van der Waals surface area contributed by atoms with Gasteiger partial charge < -0.3 is 20.4 Å². The molecule has 138 valence electrons. The highest BCUT2D eigenvalue weighted by Crippen LogP contribution is 2.39. The normalized spacial score (nSPS) is 19.1. The first-order valence-corrected chi connectivity index (χ1v) is 8.47. The molecule has 1 aliphatic heterocycles. The predicted octanol–water partition coefficient (Wildman–Crippen LogP) is 2.00. The average molecular weight is 358 g/mol.